The van der Waals surface area contributed by atoms with Crippen LogP contribution < -0.4 is 10.6 Å². The van der Waals surface area contributed by atoms with Crippen LogP contribution in [0, 0.1) is 5.92 Å². The highest BCUT2D eigenvalue weighted by Gasteiger charge is 2.26. The molecule has 1 atom stereocenters. The van der Waals surface area contributed by atoms with Crippen LogP contribution >= 0.6 is 0 Å². The highest BCUT2D eigenvalue weighted by Crippen LogP contribution is 2.27. The molecule has 0 radical (unpaired) electrons. The molecule has 2 N–H and O–H groups in total. The van der Waals surface area contributed by atoms with Crippen LogP contribution in [0.4, 0.5) is 11.4 Å². The number of nitrogens with one attached hydrogen (secondary N) is 2. The van der Waals surface area contributed by atoms with E-state index in [4.69, 9.17) is 0 Å². The van der Waals surface area contributed by atoms with Gasteiger partial charge in [0.1, 0.15) is 0 Å². The van der Waals surface area contributed by atoms with E-state index in [1.807, 2.05) is 24.3 Å². The molecule has 1 aliphatic rings. The van der Waals surface area contributed by atoms with E-state index >= 15 is 0 Å². The molecule has 6 heteroatoms. The first-order valence-corrected chi connectivity index (χ1v) is 7.29. The third-order valence-electron chi connectivity index (χ3n) is 3.82. The number of carbonyl (C=O) groups is 2. The second-order valence-corrected chi connectivity index (χ2v) is 5.54. The second kappa shape index (κ2) is 6.01. The lowest BCUT2D eigenvalue weighted by Gasteiger charge is -2.24. The molecule has 3 rings (SSSR count). The molecule has 0 aliphatic carbocycles. The van der Waals surface area contributed by atoms with E-state index in [1.54, 1.807) is 24.1 Å². The number of hydrogen-bond donors (Lipinski definition) is 2. The van der Waals surface area contributed by atoms with Gasteiger partial charge in [-0.3, -0.25) is 14.3 Å². The highest BCUT2D eigenvalue weighted by molar-refractivity contribution is 5.96. The molecule has 0 bridgehead atoms. The van der Waals surface area contributed by atoms with Crippen LogP contribution in [0.1, 0.15) is 18.4 Å². The van der Waals surface area contributed by atoms with E-state index < -0.39 is 0 Å². The first-order chi connectivity index (χ1) is 10.6. The monoisotopic (exact) mass is 298 g/mol. The number of carbonyl (C=O) groups excluding carboxylic acids is 2. The molecular weight excluding hydrogens is 280 g/mol. The van der Waals surface area contributed by atoms with Crippen LogP contribution in [-0.4, -0.2) is 21.6 Å². The quantitative estimate of drug-likeness (QED) is 0.906. The Bertz CT molecular complexity index is 708. The summed E-state index contributed by atoms with van der Waals surface area (Å²) in [6.45, 7) is 0. The average Bonchev–Trinajstić information content (AvgIpc) is 2.90. The third-order valence-corrected chi connectivity index (χ3v) is 3.82. The van der Waals surface area contributed by atoms with Crippen molar-refractivity contribution in [2.75, 3.05) is 10.6 Å². The maximum Gasteiger partial charge on any atom is 0.227 e. The highest BCUT2D eigenvalue weighted by atomic mass is 16.2. The predicted octanol–water partition coefficient (Wildman–Crippen LogP) is 1.95. The van der Waals surface area contributed by atoms with Crippen LogP contribution in [0.25, 0.3) is 0 Å². The lowest BCUT2D eigenvalue weighted by Crippen LogP contribution is -2.30. The van der Waals surface area contributed by atoms with Gasteiger partial charge in [-0.25, -0.2) is 0 Å². The first kappa shape index (κ1) is 14.3. The summed E-state index contributed by atoms with van der Waals surface area (Å²) in [5.74, 6) is -0.262. The average molecular weight is 298 g/mol. The van der Waals surface area contributed by atoms with E-state index in [0.717, 1.165) is 11.3 Å². The van der Waals surface area contributed by atoms with Crippen LogP contribution in [0.5, 0.6) is 0 Å². The molecular formula is C16H18N4O2. The molecule has 1 aromatic heterocycles. The summed E-state index contributed by atoms with van der Waals surface area (Å²) in [5, 5.41) is 9.68. The van der Waals surface area contributed by atoms with Crippen molar-refractivity contribution in [3.63, 3.8) is 0 Å². The number of fused-ring (bicyclic) bond motifs is 1. The Kier molecular flexibility index (Phi) is 3.91. The van der Waals surface area contributed by atoms with E-state index in [9.17, 15) is 9.59 Å². The number of hydrogen-bond acceptors (Lipinski definition) is 3. The van der Waals surface area contributed by atoms with E-state index in [1.165, 1.54) is 0 Å². The van der Waals surface area contributed by atoms with Crippen LogP contribution in [0.2, 0.25) is 0 Å². The van der Waals surface area contributed by atoms with Crippen molar-refractivity contribution in [1.29, 1.82) is 0 Å². The fraction of sp³-hybridized carbons (Fsp3) is 0.312. The van der Waals surface area contributed by atoms with Crippen molar-refractivity contribution in [3.05, 3.63) is 42.2 Å². The summed E-state index contributed by atoms with van der Waals surface area (Å²) in [5.41, 5.74) is 2.68. The van der Waals surface area contributed by atoms with Crippen LogP contribution in [0.15, 0.2) is 36.7 Å². The zero-order chi connectivity index (χ0) is 15.5. The molecule has 2 aromatic rings. The zero-order valence-electron chi connectivity index (χ0n) is 12.4. The molecule has 0 spiro atoms. The maximum absolute atomic E-state index is 12.1. The Hall–Kier alpha value is -2.63. The summed E-state index contributed by atoms with van der Waals surface area (Å²) in [7, 11) is 1.79. The van der Waals surface area contributed by atoms with Gasteiger partial charge in [0.2, 0.25) is 11.8 Å². The molecule has 1 aliphatic heterocycles. The lowest BCUT2D eigenvalue weighted by molar-refractivity contribution is -0.121. The minimum Gasteiger partial charge on any atom is -0.326 e. The molecule has 2 amide bonds. The van der Waals surface area contributed by atoms with Crippen LogP contribution in [-0.2, 0) is 23.1 Å². The van der Waals surface area contributed by atoms with Crippen molar-refractivity contribution < 1.29 is 9.59 Å². The van der Waals surface area contributed by atoms with E-state index in [0.29, 0.717) is 24.9 Å². The molecule has 114 valence electrons. The number of nitrogens with zero attached hydrogens (tertiary/aromatic N) is 2. The van der Waals surface area contributed by atoms with Crippen molar-refractivity contribution >= 4 is 23.2 Å². The summed E-state index contributed by atoms with van der Waals surface area (Å²) in [6, 6.07) is 7.78. The van der Waals surface area contributed by atoms with Crippen molar-refractivity contribution in [3.8, 4) is 0 Å². The third kappa shape index (κ3) is 3.16. The minimum atomic E-state index is -0.158. The van der Waals surface area contributed by atoms with Crippen molar-refractivity contribution in [2.24, 2.45) is 13.0 Å². The Labute approximate surface area is 128 Å². The van der Waals surface area contributed by atoms with Gasteiger partial charge in [0.25, 0.3) is 0 Å². The van der Waals surface area contributed by atoms with Crippen molar-refractivity contribution in [2.45, 2.75) is 19.3 Å². The smallest absolute Gasteiger partial charge is 0.227 e. The fourth-order valence-electron chi connectivity index (χ4n) is 2.66. The van der Waals surface area contributed by atoms with Gasteiger partial charge in [0.15, 0.2) is 0 Å². The molecule has 0 saturated carbocycles. The van der Waals surface area contributed by atoms with E-state index in [-0.39, 0.29) is 17.7 Å². The van der Waals surface area contributed by atoms with Gasteiger partial charge >= 0.3 is 0 Å². The van der Waals surface area contributed by atoms with Gasteiger partial charge in [-0.1, -0.05) is 18.2 Å². The zero-order valence-corrected chi connectivity index (χ0v) is 12.4. The summed E-state index contributed by atoms with van der Waals surface area (Å²) >= 11 is 0. The van der Waals surface area contributed by atoms with Gasteiger partial charge in [0.05, 0.1) is 11.9 Å². The largest absolute Gasteiger partial charge is 0.326 e. The summed E-state index contributed by atoms with van der Waals surface area (Å²) in [6.07, 6.45) is 4.87. The maximum atomic E-state index is 12.1. The van der Waals surface area contributed by atoms with Crippen LogP contribution in [0.3, 0.4) is 0 Å². The molecule has 1 unspecified atom stereocenters. The van der Waals surface area contributed by atoms with Gasteiger partial charge < -0.3 is 10.6 Å². The fourth-order valence-corrected chi connectivity index (χ4v) is 2.66. The molecule has 1 aromatic carbocycles. The predicted molar refractivity (Wildman–Crippen MR) is 83.3 cm³/mol. The number of benzene rings is 1. The Balaban J connectivity index is 1.55. The standard InChI is InChI=1S/C16H18N4O2/c1-20-10-13(9-17-20)18-15(21)7-6-12-8-11-4-2-3-5-14(11)19-16(12)22/h2-5,9-10,12H,6-8H2,1H3,(H,18,21)(H,19,22). The number of amides is 2. The number of aromatic nitrogens is 2. The van der Waals surface area contributed by atoms with E-state index in [2.05, 4.69) is 15.7 Å². The molecule has 0 saturated heterocycles. The molecule has 0 fully saturated rings. The van der Waals surface area contributed by atoms with Gasteiger partial charge in [-0.2, -0.15) is 5.10 Å². The van der Waals surface area contributed by atoms with Gasteiger partial charge in [0, 0.05) is 31.3 Å². The Morgan fingerprint density at radius 1 is 1.45 bits per heavy atom. The molecule has 22 heavy (non-hydrogen) atoms. The number of anilines is 2. The minimum absolute atomic E-state index is 0.00659. The number of aryl methyl sites for hydroxylation is 1. The second-order valence-electron chi connectivity index (χ2n) is 5.54. The Morgan fingerprint density at radius 2 is 2.27 bits per heavy atom. The first-order valence-electron chi connectivity index (χ1n) is 7.29. The summed E-state index contributed by atoms with van der Waals surface area (Å²) in [4.78, 5) is 24.0. The number of para-hydroxylation sites is 1. The number of rotatable bonds is 4. The van der Waals surface area contributed by atoms with Crippen molar-refractivity contribution in [1.82, 2.24) is 9.78 Å². The SMILES string of the molecule is Cn1cc(NC(=O)CCC2Cc3ccccc3NC2=O)cn1. The lowest BCUT2D eigenvalue weighted by atomic mass is 9.89. The van der Waals surface area contributed by atoms with Gasteiger partial charge in [-0.15, -0.1) is 0 Å². The molecule has 2 heterocycles. The van der Waals surface area contributed by atoms with Gasteiger partial charge in [-0.05, 0) is 24.5 Å². The topological polar surface area (TPSA) is 76.0 Å². The normalized spacial score (nSPS) is 16.8. The Morgan fingerprint density at radius 3 is 3.05 bits per heavy atom. The molecule has 6 nitrogen and oxygen atoms in total. The summed E-state index contributed by atoms with van der Waals surface area (Å²) < 4.78 is 1.63.